The smallest absolute Gasteiger partial charge is 0.239 e. The molecule has 2 aliphatic carbocycles. The number of nitrogens with zero attached hydrogens (tertiary/aromatic N) is 3. The van der Waals surface area contributed by atoms with Gasteiger partial charge in [0.1, 0.15) is 11.6 Å². The fourth-order valence-electron chi connectivity index (χ4n) is 3.65. The number of fused-ring (bicyclic) bond motifs is 5. The Bertz CT molecular complexity index is 638. The number of carbonyl (C=O) groups excluding carboxylic acids is 2. The summed E-state index contributed by atoms with van der Waals surface area (Å²) in [5.74, 6) is -0.351. The fourth-order valence-corrected chi connectivity index (χ4v) is 3.65. The minimum atomic E-state index is -0.252. The summed E-state index contributed by atoms with van der Waals surface area (Å²) in [6, 6.07) is 1.94. The van der Waals surface area contributed by atoms with Crippen molar-refractivity contribution in [2.75, 3.05) is 4.90 Å². The molecule has 1 aromatic rings. The number of anilines is 1. The number of allylic oxidation sites excluding steroid dienone is 2. The molecule has 1 saturated carbocycles. The molecule has 3 aliphatic rings. The Hall–Kier alpha value is -2.42. The number of nitrogens with one attached hydrogen (secondary N) is 1. The van der Waals surface area contributed by atoms with Crippen molar-refractivity contribution in [2.24, 2.45) is 23.7 Å². The van der Waals surface area contributed by atoms with E-state index in [9.17, 15) is 9.59 Å². The highest BCUT2D eigenvalue weighted by molar-refractivity contribution is 6.22. The van der Waals surface area contributed by atoms with Gasteiger partial charge >= 0.3 is 0 Å². The van der Waals surface area contributed by atoms with Gasteiger partial charge in [0.05, 0.1) is 18.0 Å². The van der Waals surface area contributed by atoms with Gasteiger partial charge in [-0.1, -0.05) is 12.2 Å². The molecule has 0 spiro atoms. The van der Waals surface area contributed by atoms with Gasteiger partial charge in [0, 0.05) is 0 Å². The molecule has 2 fully saturated rings. The van der Waals surface area contributed by atoms with Crippen molar-refractivity contribution < 1.29 is 9.59 Å². The Morgan fingerprint density at radius 3 is 2.47 bits per heavy atom. The Morgan fingerprint density at radius 1 is 1.26 bits per heavy atom. The maximum absolute atomic E-state index is 12.5. The molecule has 6 heteroatoms. The second-order valence-corrected chi connectivity index (χ2v) is 5.26. The van der Waals surface area contributed by atoms with Crippen LogP contribution in [-0.2, 0) is 9.59 Å². The van der Waals surface area contributed by atoms with Crippen LogP contribution in [0.3, 0.4) is 0 Å². The van der Waals surface area contributed by atoms with E-state index in [1.54, 1.807) is 0 Å². The summed E-state index contributed by atoms with van der Waals surface area (Å²) in [4.78, 5) is 26.1. The average molecular weight is 254 g/mol. The Balaban J connectivity index is 1.79. The number of aromatic amines is 1. The Morgan fingerprint density at radius 2 is 1.89 bits per heavy atom. The lowest BCUT2D eigenvalue weighted by Crippen LogP contribution is -2.33. The normalized spacial score (nSPS) is 35.0. The molecule has 1 aliphatic heterocycles. The quantitative estimate of drug-likeness (QED) is 0.586. The SMILES string of the molecule is N#Cc1cn[nH]c1N1C(=O)C2C3C=CC(C3)C2C1=O. The van der Waals surface area contributed by atoms with Gasteiger partial charge in [-0.25, -0.2) is 4.90 Å². The van der Waals surface area contributed by atoms with Crippen molar-refractivity contribution in [2.45, 2.75) is 6.42 Å². The molecule has 4 unspecified atom stereocenters. The first-order chi connectivity index (χ1) is 9.22. The van der Waals surface area contributed by atoms with Crippen LogP contribution in [-0.4, -0.2) is 22.0 Å². The second-order valence-electron chi connectivity index (χ2n) is 5.26. The number of amides is 2. The van der Waals surface area contributed by atoms with E-state index < -0.39 is 0 Å². The minimum Gasteiger partial charge on any atom is -0.274 e. The van der Waals surface area contributed by atoms with E-state index >= 15 is 0 Å². The predicted molar refractivity (Wildman–Crippen MR) is 63.5 cm³/mol. The minimum absolute atomic E-state index is 0.171. The summed E-state index contributed by atoms with van der Waals surface area (Å²) in [6.07, 6.45) is 6.31. The molecule has 2 heterocycles. The third-order valence-corrected chi connectivity index (χ3v) is 4.43. The van der Waals surface area contributed by atoms with Crippen molar-refractivity contribution in [1.29, 1.82) is 5.26 Å². The number of H-pyrrole nitrogens is 1. The van der Waals surface area contributed by atoms with E-state index in [1.807, 2.05) is 18.2 Å². The van der Waals surface area contributed by atoms with Crippen molar-refractivity contribution in [3.05, 3.63) is 23.9 Å². The van der Waals surface area contributed by atoms with E-state index in [-0.39, 0.29) is 46.9 Å². The van der Waals surface area contributed by atoms with Gasteiger partial charge in [0.25, 0.3) is 0 Å². The van der Waals surface area contributed by atoms with Gasteiger partial charge in [-0.2, -0.15) is 10.4 Å². The number of hydrogen-bond donors (Lipinski definition) is 1. The zero-order chi connectivity index (χ0) is 13.1. The summed E-state index contributed by atoms with van der Waals surface area (Å²) in [6.45, 7) is 0. The Labute approximate surface area is 108 Å². The van der Waals surface area contributed by atoms with E-state index in [0.29, 0.717) is 0 Å². The molecule has 19 heavy (non-hydrogen) atoms. The predicted octanol–water partition coefficient (Wildman–Crippen LogP) is 0.593. The summed E-state index contributed by atoms with van der Waals surface area (Å²) < 4.78 is 0. The number of imide groups is 1. The highest BCUT2D eigenvalue weighted by Gasteiger charge is 2.60. The molecule has 6 nitrogen and oxygen atoms in total. The summed E-state index contributed by atoms with van der Waals surface area (Å²) >= 11 is 0. The van der Waals surface area contributed by atoms with E-state index in [1.165, 1.54) is 6.20 Å². The summed E-state index contributed by atoms with van der Waals surface area (Å²) in [5.41, 5.74) is 0.224. The van der Waals surface area contributed by atoms with Crippen LogP contribution in [0.4, 0.5) is 5.82 Å². The van der Waals surface area contributed by atoms with Gasteiger partial charge in [-0.05, 0) is 18.3 Å². The molecule has 4 rings (SSSR count). The maximum Gasteiger partial charge on any atom is 0.239 e. The van der Waals surface area contributed by atoms with Crippen LogP contribution in [0.5, 0.6) is 0 Å². The standard InChI is InChI=1S/C13H10N4O2/c14-4-8-5-15-16-11(8)17-12(18)9-6-1-2-7(3-6)10(9)13(17)19/h1-2,5-7,9-10H,3H2,(H,15,16). The van der Waals surface area contributed by atoms with Crippen LogP contribution in [0, 0.1) is 35.0 Å². The largest absolute Gasteiger partial charge is 0.274 e. The van der Waals surface area contributed by atoms with E-state index in [0.717, 1.165) is 11.3 Å². The van der Waals surface area contributed by atoms with Gasteiger partial charge in [-0.15, -0.1) is 0 Å². The van der Waals surface area contributed by atoms with Gasteiger partial charge in [-0.3, -0.25) is 14.7 Å². The molecular weight excluding hydrogens is 244 g/mol. The van der Waals surface area contributed by atoms with Crippen LogP contribution in [0.25, 0.3) is 0 Å². The lowest BCUT2D eigenvalue weighted by Gasteiger charge is -2.15. The molecule has 2 amide bonds. The third kappa shape index (κ3) is 1.12. The van der Waals surface area contributed by atoms with Gasteiger partial charge < -0.3 is 0 Å². The highest BCUT2D eigenvalue weighted by atomic mass is 16.2. The molecule has 0 aromatic carbocycles. The molecular formula is C13H10N4O2. The highest BCUT2D eigenvalue weighted by Crippen LogP contribution is 2.53. The van der Waals surface area contributed by atoms with E-state index in [4.69, 9.17) is 5.26 Å². The first kappa shape index (κ1) is 10.5. The number of aromatic nitrogens is 2. The zero-order valence-electron chi connectivity index (χ0n) is 9.91. The molecule has 1 aromatic heterocycles. The third-order valence-electron chi connectivity index (χ3n) is 4.43. The van der Waals surface area contributed by atoms with Gasteiger partial charge in [0.15, 0.2) is 5.82 Å². The van der Waals surface area contributed by atoms with Crippen LogP contribution in [0.1, 0.15) is 12.0 Å². The number of rotatable bonds is 1. The van der Waals surface area contributed by atoms with Crippen molar-refractivity contribution >= 4 is 17.6 Å². The van der Waals surface area contributed by atoms with Gasteiger partial charge in [0.2, 0.25) is 11.8 Å². The molecule has 94 valence electrons. The molecule has 1 N–H and O–H groups in total. The van der Waals surface area contributed by atoms with E-state index in [2.05, 4.69) is 10.2 Å². The summed E-state index contributed by atoms with van der Waals surface area (Å²) in [7, 11) is 0. The lowest BCUT2D eigenvalue weighted by molar-refractivity contribution is -0.123. The molecule has 1 saturated heterocycles. The molecule has 2 bridgehead atoms. The Kier molecular flexibility index (Phi) is 1.83. The van der Waals surface area contributed by atoms with Crippen molar-refractivity contribution in [3.63, 3.8) is 0 Å². The average Bonchev–Trinajstić information content (AvgIpc) is 3.14. The second kappa shape index (κ2) is 3.32. The van der Waals surface area contributed by atoms with Crippen LogP contribution < -0.4 is 4.90 Å². The molecule has 0 radical (unpaired) electrons. The number of carbonyl (C=O) groups is 2. The first-order valence-electron chi connectivity index (χ1n) is 6.22. The summed E-state index contributed by atoms with van der Waals surface area (Å²) in [5, 5.41) is 15.3. The topological polar surface area (TPSA) is 89.8 Å². The molecule has 4 atom stereocenters. The number of hydrogen-bond acceptors (Lipinski definition) is 4. The van der Waals surface area contributed by atoms with Crippen LogP contribution in [0.2, 0.25) is 0 Å². The first-order valence-corrected chi connectivity index (χ1v) is 6.22. The zero-order valence-corrected chi connectivity index (χ0v) is 9.91. The maximum atomic E-state index is 12.5. The number of nitriles is 1. The van der Waals surface area contributed by atoms with Crippen LogP contribution >= 0.6 is 0 Å². The fraction of sp³-hybridized carbons (Fsp3) is 0.385. The van der Waals surface area contributed by atoms with Crippen molar-refractivity contribution in [1.82, 2.24) is 10.2 Å². The lowest BCUT2D eigenvalue weighted by atomic mass is 9.85. The van der Waals surface area contributed by atoms with Crippen LogP contribution in [0.15, 0.2) is 18.3 Å². The van der Waals surface area contributed by atoms with Crippen molar-refractivity contribution in [3.8, 4) is 6.07 Å². The monoisotopic (exact) mass is 254 g/mol.